The van der Waals surface area contributed by atoms with E-state index >= 15 is 0 Å². The zero-order valence-corrected chi connectivity index (χ0v) is 18.1. The minimum atomic E-state index is -0.0601. The van der Waals surface area contributed by atoms with E-state index in [2.05, 4.69) is 15.9 Å². The maximum Gasteiger partial charge on any atom is 0.185 e. The maximum absolute atomic E-state index is 12.8. The van der Waals surface area contributed by atoms with Crippen molar-refractivity contribution in [3.63, 3.8) is 0 Å². The Labute approximate surface area is 183 Å². The first kappa shape index (κ1) is 20.0. The quantitative estimate of drug-likeness (QED) is 0.245. The average molecular weight is 458 g/mol. The molecule has 148 valence electrons. The average Bonchev–Trinajstić information content (AvgIpc) is 3.10. The Morgan fingerprint density at radius 2 is 1.57 bits per heavy atom. The van der Waals surface area contributed by atoms with E-state index in [1.807, 2.05) is 84.4 Å². The van der Waals surface area contributed by atoms with Crippen LogP contribution < -0.4 is 0 Å². The van der Waals surface area contributed by atoms with Crippen molar-refractivity contribution in [3.05, 3.63) is 112 Å². The molecule has 0 atom stereocenters. The Bertz CT molecular complexity index is 1250. The van der Waals surface area contributed by atoms with Crippen molar-refractivity contribution in [2.45, 2.75) is 13.5 Å². The molecule has 0 saturated heterocycles. The Morgan fingerprint density at radius 1 is 0.900 bits per heavy atom. The van der Waals surface area contributed by atoms with Crippen molar-refractivity contribution in [2.75, 3.05) is 0 Å². The number of rotatable bonds is 6. The van der Waals surface area contributed by atoms with Gasteiger partial charge in [-0.25, -0.2) is 0 Å². The van der Waals surface area contributed by atoms with E-state index in [0.717, 1.165) is 26.5 Å². The van der Waals surface area contributed by atoms with E-state index in [1.54, 1.807) is 18.2 Å². The summed E-state index contributed by atoms with van der Waals surface area (Å²) >= 11 is 3.38. The van der Waals surface area contributed by atoms with Gasteiger partial charge in [0.1, 0.15) is 0 Å². The summed E-state index contributed by atoms with van der Waals surface area (Å²) in [5, 5.41) is 1.01. The number of benzene rings is 3. The first-order valence-electron chi connectivity index (χ1n) is 9.67. The number of carbonyl (C=O) groups excluding carboxylic acids is 2. The number of carbonyl (C=O) groups is 2. The first-order chi connectivity index (χ1) is 14.5. The SMILES string of the molecule is Cc1ccc(C(=O)Cn2cc(/C=C/C(=O)c3ccc(Br)cc3)c3ccccc32)cc1. The summed E-state index contributed by atoms with van der Waals surface area (Å²) in [4.78, 5) is 25.3. The molecule has 0 aliphatic rings. The van der Waals surface area contributed by atoms with Crippen LogP contribution >= 0.6 is 15.9 Å². The normalized spacial score (nSPS) is 11.3. The number of aryl methyl sites for hydroxylation is 1. The lowest BCUT2D eigenvalue weighted by Crippen LogP contribution is -2.09. The van der Waals surface area contributed by atoms with E-state index in [-0.39, 0.29) is 18.1 Å². The Kier molecular flexibility index (Phi) is 5.77. The third kappa shape index (κ3) is 4.34. The van der Waals surface area contributed by atoms with Gasteiger partial charge >= 0.3 is 0 Å². The largest absolute Gasteiger partial charge is 0.339 e. The molecule has 0 amide bonds. The molecule has 0 spiro atoms. The fraction of sp³-hybridized carbons (Fsp3) is 0.0769. The van der Waals surface area contributed by atoms with Crippen LogP contribution in [0.2, 0.25) is 0 Å². The van der Waals surface area contributed by atoms with Crippen LogP contribution in [0.15, 0.2) is 89.5 Å². The van der Waals surface area contributed by atoms with Gasteiger partial charge in [-0.3, -0.25) is 9.59 Å². The molecular formula is C26H20BrNO2. The van der Waals surface area contributed by atoms with Gasteiger partial charge in [0.25, 0.3) is 0 Å². The van der Waals surface area contributed by atoms with Crippen LogP contribution in [0.5, 0.6) is 0 Å². The van der Waals surface area contributed by atoms with Gasteiger partial charge in [-0.2, -0.15) is 0 Å². The van der Waals surface area contributed by atoms with Crippen LogP contribution in [-0.2, 0) is 6.54 Å². The zero-order valence-electron chi connectivity index (χ0n) is 16.5. The summed E-state index contributed by atoms with van der Waals surface area (Å²) in [6.07, 6.45) is 5.33. The lowest BCUT2D eigenvalue weighted by atomic mass is 10.1. The lowest BCUT2D eigenvalue weighted by molar-refractivity contribution is 0.0972. The molecule has 0 bridgehead atoms. The van der Waals surface area contributed by atoms with E-state index in [4.69, 9.17) is 0 Å². The molecule has 3 nitrogen and oxygen atoms in total. The van der Waals surface area contributed by atoms with Crippen molar-refractivity contribution in [3.8, 4) is 0 Å². The highest BCUT2D eigenvalue weighted by Crippen LogP contribution is 2.23. The molecule has 0 N–H and O–H groups in total. The van der Waals surface area contributed by atoms with E-state index < -0.39 is 0 Å². The second-order valence-electron chi connectivity index (χ2n) is 7.22. The fourth-order valence-electron chi connectivity index (χ4n) is 3.40. The minimum absolute atomic E-state index is 0.0530. The Balaban J connectivity index is 1.62. The van der Waals surface area contributed by atoms with Crippen molar-refractivity contribution in [2.24, 2.45) is 0 Å². The van der Waals surface area contributed by atoms with Gasteiger partial charge in [0.15, 0.2) is 11.6 Å². The molecule has 0 radical (unpaired) electrons. The third-order valence-corrected chi connectivity index (χ3v) is 5.58. The second kappa shape index (κ2) is 8.64. The molecule has 0 aliphatic carbocycles. The van der Waals surface area contributed by atoms with Gasteiger partial charge in [-0.05, 0) is 49.4 Å². The van der Waals surface area contributed by atoms with Crippen LogP contribution in [0.1, 0.15) is 31.8 Å². The van der Waals surface area contributed by atoms with Gasteiger partial charge < -0.3 is 4.57 Å². The summed E-state index contributed by atoms with van der Waals surface area (Å²) in [5.41, 5.74) is 4.33. The molecule has 0 unspecified atom stereocenters. The number of hydrogen-bond donors (Lipinski definition) is 0. The maximum atomic E-state index is 12.8. The van der Waals surface area contributed by atoms with Crippen LogP contribution in [0.3, 0.4) is 0 Å². The molecule has 4 aromatic rings. The highest BCUT2D eigenvalue weighted by atomic mass is 79.9. The number of hydrogen-bond acceptors (Lipinski definition) is 2. The number of para-hydroxylation sites is 1. The lowest BCUT2D eigenvalue weighted by Gasteiger charge is -2.05. The van der Waals surface area contributed by atoms with Crippen LogP contribution in [0.25, 0.3) is 17.0 Å². The summed E-state index contributed by atoms with van der Waals surface area (Å²) in [5.74, 6) is -0.00714. The molecule has 30 heavy (non-hydrogen) atoms. The monoisotopic (exact) mass is 457 g/mol. The first-order valence-corrected chi connectivity index (χ1v) is 10.5. The Hall–Kier alpha value is -3.24. The molecule has 0 aliphatic heterocycles. The molecule has 0 fully saturated rings. The van der Waals surface area contributed by atoms with Gasteiger partial charge in [0.05, 0.1) is 6.54 Å². The van der Waals surface area contributed by atoms with Crippen molar-refractivity contribution in [1.29, 1.82) is 0 Å². The molecular weight excluding hydrogens is 438 g/mol. The summed E-state index contributed by atoms with van der Waals surface area (Å²) < 4.78 is 2.88. The van der Waals surface area contributed by atoms with Crippen molar-refractivity contribution in [1.82, 2.24) is 4.57 Å². The molecule has 0 saturated carbocycles. The number of ketones is 2. The molecule has 4 rings (SSSR count). The fourth-order valence-corrected chi connectivity index (χ4v) is 3.66. The number of fused-ring (bicyclic) bond motifs is 1. The van der Waals surface area contributed by atoms with E-state index in [0.29, 0.717) is 11.1 Å². The van der Waals surface area contributed by atoms with Crippen LogP contribution in [-0.4, -0.2) is 16.1 Å². The van der Waals surface area contributed by atoms with Crippen molar-refractivity contribution < 1.29 is 9.59 Å². The molecule has 4 heteroatoms. The predicted octanol–water partition coefficient (Wildman–Crippen LogP) is 6.49. The highest BCUT2D eigenvalue weighted by Gasteiger charge is 2.12. The number of aromatic nitrogens is 1. The van der Waals surface area contributed by atoms with Gasteiger partial charge in [0.2, 0.25) is 0 Å². The topological polar surface area (TPSA) is 39.1 Å². The van der Waals surface area contributed by atoms with E-state index in [9.17, 15) is 9.59 Å². The van der Waals surface area contributed by atoms with E-state index in [1.165, 1.54) is 0 Å². The predicted molar refractivity (Wildman–Crippen MR) is 125 cm³/mol. The zero-order chi connectivity index (χ0) is 21.1. The van der Waals surface area contributed by atoms with Gasteiger partial charge in [-0.15, -0.1) is 0 Å². The summed E-state index contributed by atoms with van der Waals surface area (Å²) in [7, 11) is 0. The van der Waals surface area contributed by atoms with Crippen LogP contribution in [0, 0.1) is 6.92 Å². The molecule has 1 heterocycles. The standard InChI is InChI=1S/C26H20BrNO2/c1-18-6-8-20(9-7-18)26(30)17-28-16-21(23-4-2-3-5-24(23)28)12-15-25(29)19-10-13-22(27)14-11-19/h2-16H,17H2,1H3/b15-12+. The molecule has 1 aromatic heterocycles. The third-order valence-electron chi connectivity index (χ3n) is 5.05. The number of allylic oxidation sites excluding steroid dienone is 1. The van der Waals surface area contributed by atoms with Crippen LogP contribution in [0.4, 0.5) is 0 Å². The minimum Gasteiger partial charge on any atom is -0.339 e. The summed E-state index contributed by atoms with van der Waals surface area (Å²) in [6.45, 7) is 2.25. The number of Topliss-reactive ketones (excluding diaryl/α,β-unsaturated/α-hetero) is 1. The van der Waals surface area contributed by atoms with Crippen molar-refractivity contribution >= 4 is 44.5 Å². The number of halogens is 1. The number of nitrogens with zero attached hydrogens (tertiary/aromatic N) is 1. The molecule has 3 aromatic carbocycles. The van der Waals surface area contributed by atoms with Gasteiger partial charge in [0, 0.05) is 38.3 Å². The van der Waals surface area contributed by atoms with Gasteiger partial charge in [-0.1, -0.05) is 64.0 Å². The summed E-state index contributed by atoms with van der Waals surface area (Å²) in [6, 6.07) is 22.8. The smallest absolute Gasteiger partial charge is 0.185 e. The highest BCUT2D eigenvalue weighted by molar-refractivity contribution is 9.10. The Morgan fingerprint density at radius 3 is 2.30 bits per heavy atom. The second-order valence-corrected chi connectivity index (χ2v) is 8.14.